The van der Waals surface area contributed by atoms with Crippen molar-refractivity contribution in [1.29, 1.82) is 0 Å². The molecule has 0 bridgehead atoms. The molecular formula is C11H15BrClNO5S. The number of ether oxygens (including phenoxy) is 2. The van der Waals surface area contributed by atoms with Crippen molar-refractivity contribution in [3.8, 4) is 5.75 Å². The van der Waals surface area contributed by atoms with Gasteiger partial charge in [0.25, 0.3) is 0 Å². The molecule has 0 spiro atoms. The Morgan fingerprint density at radius 1 is 1.45 bits per heavy atom. The normalized spacial score (nSPS) is 13.2. The second-order valence-electron chi connectivity index (χ2n) is 3.88. The van der Waals surface area contributed by atoms with E-state index in [1.54, 1.807) is 0 Å². The van der Waals surface area contributed by atoms with Crippen molar-refractivity contribution in [3.05, 3.63) is 21.6 Å². The maximum atomic E-state index is 12.2. The van der Waals surface area contributed by atoms with Crippen LogP contribution >= 0.6 is 27.5 Å². The number of hydrogen-bond acceptors (Lipinski definition) is 5. The van der Waals surface area contributed by atoms with Crippen LogP contribution < -0.4 is 9.46 Å². The average molecular weight is 389 g/mol. The topological polar surface area (TPSA) is 84.9 Å². The predicted molar refractivity (Wildman–Crippen MR) is 78.8 cm³/mol. The van der Waals surface area contributed by atoms with Gasteiger partial charge >= 0.3 is 0 Å². The molecule has 0 radical (unpaired) electrons. The highest BCUT2D eigenvalue weighted by Crippen LogP contribution is 2.35. The molecule has 0 aliphatic heterocycles. The highest BCUT2D eigenvalue weighted by molar-refractivity contribution is 9.10. The van der Waals surface area contributed by atoms with Crippen LogP contribution in [0.4, 0.5) is 0 Å². The molecule has 2 N–H and O–H groups in total. The van der Waals surface area contributed by atoms with Gasteiger partial charge in [0.1, 0.15) is 4.90 Å². The Hall–Kier alpha value is -0.380. The zero-order chi connectivity index (χ0) is 15.3. The van der Waals surface area contributed by atoms with Crippen LogP contribution in [0.25, 0.3) is 0 Å². The first-order chi connectivity index (χ1) is 9.31. The molecule has 0 amide bonds. The van der Waals surface area contributed by atoms with Gasteiger partial charge in [-0.25, -0.2) is 13.1 Å². The van der Waals surface area contributed by atoms with Crippen LogP contribution in [0.1, 0.15) is 0 Å². The molecule has 1 aromatic carbocycles. The van der Waals surface area contributed by atoms with Crippen molar-refractivity contribution in [2.45, 2.75) is 11.0 Å². The molecule has 114 valence electrons. The van der Waals surface area contributed by atoms with Gasteiger partial charge in [-0.2, -0.15) is 0 Å². The number of methoxy groups -OCH3 is 2. The number of sulfonamides is 1. The van der Waals surface area contributed by atoms with Crippen LogP contribution in [0.3, 0.4) is 0 Å². The summed E-state index contributed by atoms with van der Waals surface area (Å²) in [6.45, 7) is -0.150. The Morgan fingerprint density at radius 2 is 2.10 bits per heavy atom. The van der Waals surface area contributed by atoms with Crippen molar-refractivity contribution >= 4 is 37.6 Å². The van der Waals surface area contributed by atoms with Gasteiger partial charge in [0.2, 0.25) is 10.0 Å². The number of aliphatic hydroxyl groups is 1. The number of benzene rings is 1. The number of nitrogens with one attached hydrogen (secondary N) is 1. The van der Waals surface area contributed by atoms with Gasteiger partial charge in [-0.1, -0.05) is 11.6 Å². The van der Waals surface area contributed by atoms with E-state index >= 15 is 0 Å². The number of halogens is 2. The molecule has 0 aliphatic rings. The van der Waals surface area contributed by atoms with E-state index in [9.17, 15) is 13.5 Å². The fourth-order valence-corrected chi connectivity index (χ4v) is 3.92. The lowest BCUT2D eigenvalue weighted by molar-refractivity contribution is 0.0679. The van der Waals surface area contributed by atoms with E-state index in [2.05, 4.69) is 20.7 Å². The van der Waals surface area contributed by atoms with E-state index in [1.807, 2.05) is 0 Å². The monoisotopic (exact) mass is 387 g/mol. The largest absolute Gasteiger partial charge is 0.494 e. The lowest BCUT2D eigenvalue weighted by Gasteiger charge is -2.14. The summed E-state index contributed by atoms with van der Waals surface area (Å²) < 4.78 is 36.9. The second kappa shape index (κ2) is 7.58. The maximum absolute atomic E-state index is 12.2. The fourth-order valence-electron chi connectivity index (χ4n) is 1.47. The van der Waals surface area contributed by atoms with Crippen LogP contribution in [-0.4, -0.2) is 47.0 Å². The van der Waals surface area contributed by atoms with Crippen LogP contribution in [-0.2, 0) is 14.8 Å². The molecule has 0 saturated heterocycles. The Morgan fingerprint density at radius 3 is 2.65 bits per heavy atom. The Bertz CT molecular complexity index is 566. The van der Waals surface area contributed by atoms with Crippen molar-refractivity contribution < 1.29 is 23.0 Å². The summed E-state index contributed by atoms with van der Waals surface area (Å²) >= 11 is 9.03. The third kappa shape index (κ3) is 4.57. The summed E-state index contributed by atoms with van der Waals surface area (Å²) in [6.07, 6.45) is -0.941. The third-order valence-corrected chi connectivity index (χ3v) is 4.57. The maximum Gasteiger partial charge on any atom is 0.244 e. The van der Waals surface area contributed by atoms with E-state index in [1.165, 1.54) is 26.4 Å². The minimum absolute atomic E-state index is 0.0267. The lowest BCUT2D eigenvalue weighted by Crippen LogP contribution is -2.34. The minimum atomic E-state index is -3.87. The summed E-state index contributed by atoms with van der Waals surface area (Å²) in [4.78, 5) is -0.107. The first-order valence-corrected chi connectivity index (χ1v) is 8.17. The second-order valence-corrected chi connectivity index (χ2v) is 6.91. The smallest absolute Gasteiger partial charge is 0.244 e. The molecule has 0 heterocycles. The van der Waals surface area contributed by atoms with Gasteiger partial charge in [-0.05, 0) is 28.1 Å². The zero-order valence-electron chi connectivity index (χ0n) is 10.9. The Labute approximate surface area is 131 Å². The first kappa shape index (κ1) is 17.7. The van der Waals surface area contributed by atoms with Crippen molar-refractivity contribution in [2.75, 3.05) is 27.4 Å². The molecule has 0 aromatic heterocycles. The summed E-state index contributed by atoms with van der Waals surface area (Å²) in [5, 5.41) is 9.72. The molecule has 9 heteroatoms. The molecular weight excluding hydrogens is 374 g/mol. The van der Waals surface area contributed by atoms with E-state index in [4.69, 9.17) is 21.1 Å². The molecule has 1 atom stereocenters. The van der Waals surface area contributed by atoms with Gasteiger partial charge in [0.15, 0.2) is 5.75 Å². The summed E-state index contributed by atoms with van der Waals surface area (Å²) in [6, 6.07) is 2.80. The zero-order valence-corrected chi connectivity index (χ0v) is 14.0. The minimum Gasteiger partial charge on any atom is -0.494 e. The van der Waals surface area contributed by atoms with Gasteiger partial charge in [0.05, 0.1) is 24.3 Å². The lowest BCUT2D eigenvalue weighted by atomic mass is 10.3. The summed E-state index contributed by atoms with van der Waals surface area (Å²) in [7, 11) is -1.10. The SMILES string of the molecule is COCC(O)CNS(=O)(=O)c1cc(Cl)cc(Br)c1OC. The van der Waals surface area contributed by atoms with Crippen LogP contribution in [0.5, 0.6) is 5.75 Å². The van der Waals surface area contributed by atoms with E-state index in [0.717, 1.165) is 0 Å². The van der Waals surface area contributed by atoms with E-state index in [-0.39, 0.29) is 28.8 Å². The van der Waals surface area contributed by atoms with Crippen molar-refractivity contribution in [2.24, 2.45) is 0 Å². The summed E-state index contributed by atoms with van der Waals surface area (Å²) in [5.74, 6) is 0.142. The van der Waals surface area contributed by atoms with E-state index < -0.39 is 16.1 Å². The fraction of sp³-hybridized carbons (Fsp3) is 0.455. The van der Waals surface area contributed by atoms with Gasteiger partial charge in [-0.15, -0.1) is 0 Å². The van der Waals surface area contributed by atoms with Crippen LogP contribution in [0.15, 0.2) is 21.5 Å². The predicted octanol–water partition coefficient (Wildman–Crippen LogP) is 1.40. The molecule has 1 rings (SSSR count). The first-order valence-electron chi connectivity index (χ1n) is 5.51. The van der Waals surface area contributed by atoms with Crippen LogP contribution in [0.2, 0.25) is 5.02 Å². The molecule has 6 nitrogen and oxygen atoms in total. The van der Waals surface area contributed by atoms with Crippen molar-refractivity contribution in [3.63, 3.8) is 0 Å². The molecule has 0 aliphatic carbocycles. The quantitative estimate of drug-likeness (QED) is 0.737. The Balaban J connectivity index is 3.03. The van der Waals surface area contributed by atoms with E-state index in [0.29, 0.717) is 4.47 Å². The molecule has 0 saturated carbocycles. The Kier molecular flexibility index (Phi) is 6.70. The number of hydrogen-bond donors (Lipinski definition) is 2. The summed E-state index contributed by atoms with van der Waals surface area (Å²) in [5.41, 5.74) is 0. The molecule has 20 heavy (non-hydrogen) atoms. The van der Waals surface area contributed by atoms with Gasteiger partial charge in [-0.3, -0.25) is 0 Å². The molecule has 1 aromatic rings. The molecule has 1 unspecified atom stereocenters. The highest BCUT2D eigenvalue weighted by Gasteiger charge is 2.23. The molecule has 0 fully saturated rings. The van der Waals surface area contributed by atoms with Crippen LogP contribution in [0, 0.1) is 0 Å². The number of rotatable bonds is 7. The third-order valence-electron chi connectivity index (χ3n) is 2.34. The highest BCUT2D eigenvalue weighted by atomic mass is 79.9. The van der Waals surface area contributed by atoms with Crippen molar-refractivity contribution in [1.82, 2.24) is 4.72 Å². The standard InChI is InChI=1S/C11H15BrClNO5S/c1-18-6-8(15)5-14-20(16,17)10-4-7(13)3-9(12)11(10)19-2/h3-4,8,14-15H,5-6H2,1-2H3. The van der Waals surface area contributed by atoms with Gasteiger partial charge in [0, 0.05) is 18.7 Å². The number of aliphatic hydroxyl groups excluding tert-OH is 1. The average Bonchev–Trinajstić information content (AvgIpc) is 2.36. The van der Waals surface area contributed by atoms with Gasteiger partial charge < -0.3 is 14.6 Å².